The number of hydrogen-bond donors (Lipinski definition) is 2. The van der Waals surface area contributed by atoms with Crippen LogP contribution in [-0.4, -0.2) is 43.8 Å². The molecule has 0 bridgehead atoms. The smallest absolute Gasteiger partial charge is 0.240 e. The molecule has 6 nitrogen and oxygen atoms in total. The van der Waals surface area contributed by atoms with Crippen molar-refractivity contribution in [1.82, 2.24) is 15.6 Å². The standard InChI is InChI=1S/C18H23N3O3S.ClH/c1-11(20-17(22)15-10-24-9-8-19-15)16-12(2)21-18(25-16)13-4-6-14(23-3)7-5-13;/h4-7,11,15,19H,8-10H2,1-3H3,(H,20,22);1H. The molecule has 0 radical (unpaired) electrons. The van der Waals surface area contributed by atoms with Gasteiger partial charge in [0.1, 0.15) is 16.8 Å². The number of nitrogens with one attached hydrogen (secondary N) is 2. The Morgan fingerprint density at radius 1 is 1.42 bits per heavy atom. The summed E-state index contributed by atoms with van der Waals surface area (Å²) in [7, 11) is 1.65. The van der Waals surface area contributed by atoms with Crippen LogP contribution < -0.4 is 15.4 Å². The van der Waals surface area contributed by atoms with Crippen molar-refractivity contribution in [2.45, 2.75) is 25.9 Å². The molecule has 1 aromatic carbocycles. The van der Waals surface area contributed by atoms with Crippen molar-refractivity contribution < 1.29 is 14.3 Å². The predicted octanol–water partition coefficient (Wildman–Crippen LogP) is 2.71. The third-order valence-electron chi connectivity index (χ3n) is 4.16. The zero-order valence-corrected chi connectivity index (χ0v) is 16.7. The SMILES string of the molecule is COc1ccc(-c2nc(C)c(C(C)NC(=O)C3COCCN3)s2)cc1.Cl. The second-order valence-electron chi connectivity index (χ2n) is 6.01. The van der Waals surface area contributed by atoms with E-state index < -0.39 is 0 Å². The highest BCUT2D eigenvalue weighted by molar-refractivity contribution is 7.15. The lowest BCUT2D eigenvalue weighted by Gasteiger charge is -2.24. The van der Waals surface area contributed by atoms with E-state index >= 15 is 0 Å². The Morgan fingerprint density at radius 3 is 2.77 bits per heavy atom. The van der Waals surface area contributed by atoms with Gasteiger partial charge < -0.3 is 20.1 Å². The Labute approximate surface area is 163 Å². The number of rotatable bonds is 5. The van der Waals surface area contributed by atoms with Crippen molar-refractivity contribution >= 4 is 29.7 Å². The van der Waals surface area contributed by atoms with Gasteiger partial charge in [-0.3, -0.25) is 4.79 Å². The molecule has 0 saturated carbocycles. The average Bonchev–Trinajstić information content (AvgIpc) is 3.04. The Bertz CT molecular complexity index is 730. The van der Waals surface area contributed by atoms with Crippen molar-refractivity contribution in [3.63, 3.8) is 0 Å². The molecule has 142 valence electrons. The van der Waals surface area contributed by atoms with Crippen LogP contribution in [0.4, 0.5) is 0 Å². The number of nitrogens with zero attached hydrogens (tertiary/aromatic N) is 1. The Morgan fingerprint density at radius 2 is 2.15 bits per heavy atom. The highest BCUT2D eigenvalue weighted by atomic mass is 35.5. The molecule has 3 rings (SSSR count). The number of methoxy groups -OCH3 is 1. The largest absolute Gasteiger partial charge is 0.497 e. The lowest BCUT2D eigenvalue weighted by Crippen LogP contribution is -2.51. The number of morpholine rings is 1. The fraction of sp³-hybridized carbons (Fsp3) is 0.444. The van der Waals surface area contributed by atoms with E-state index in [9.17, 15) is 4.79 Å². The minimum atomic E-state index is -0.287. The number of ether oxygens (including phenoxy) is 2. The van der Waals surface area contributed by atoms with Gasteiger partial charge in [-0.15, -0.1) is 23.7 Å². The van der Waals surface area contributed by atoms with Crippen LogP contribution in [-0.2, 0) is 9.53 Å². The first-order valence-electron chi connectivity index (χ1n) is 8.31. The minimum absolute atomic E-state index is 0. The van der Waals surface area contributed by atoms with Crippen LogP contribution in [0.3, 0.4) is 0 Å². The quantitative estimate of drug-likeness (QED) is 0.811. The zero-order chi connectivity index (χ0) is 17.8. The topological polar surface area (TPSA) is 72.5 Å². The number of thiazole rings is 1. The summed E-state index contributed by atoms with van der Waals surface area (Å²) < 4.78 is 10.5. The van der Waals surface area contributed by atoms with E-state index in [1.54, 1.807) is 18.4 Å². The molecule has 0 spiro atoms. The molecule has 2 atom stereocenters. The monoisotopic (exact) mass is 397 g/mol. The van der Waals surface area contributed by atoms with Gasteiger partial charge in [-0.05, 0) is 38.1 Å². The van der Waals surface area contributed by atoms with E-state index in [1.165, 1.54) is 0 Å². The fourth-order valence-corrected chi connectivity index (χ4v) is 3.85. The number of aromatic nitrogens is 1. The molecule has 26 heavy (non-hydrogen) atoms. The van der Waals surface area contributed by atoms with Crippen molar-refractivity contribution in [1.29, 1.82) is 0 Å². The second kappa shape index (κ2) is 9.32. The third kappa shape index (κ3) is 4.73. The molecule has 2 heterocycles. The summed E-state index contributed by atoms with van der Waals surface area (Å²) in [4.78, 5) is 18.1. The van der Waals surface area contributed by atoms with Crippen molar-refractivity contribution in [3.8, 4) is 16.3 Å². The maximum atomic E-state index is 12.4. The predicted molar refractivity (Wildman–Crippen MR) is 105 cm³/mol. The van der Waals surface area contributed by atoms with Gasteiger partial charge in [0, 0.05) is 12.1 Å². The Balaban J connectivity index is 0.00000243. The van der Waals surface area contributed by atoms with Crippen molar-refractivity contribution in [3.05, 3.63) is 34.8 Å². The van der Waals surface area contributed by atoms with Crippen LogP contribution in [0.1, 0.15) is 23.5 Å². The van der Waals surface area contributed by atoms with E-state index in [0.29, 0.717) is 19.8 Å². The van der Waals surface area contributed by atoms with Crippen molar-refractivity contribution in [2.24, 2.45) is 0 Å². The van der Waals surface area contributed by atoms with E-state index in [4.69, 9.17) is 9.47 Å². The number of amides is 1. The number of aryl methyl sites for hydroxylation is 1. The van der Waals surface area contributed by atoms with E-state index in [-0.39, 0.29) is 30.4 Å². The Kier molecular flexibility index (Phi) is 7.40. The molecule has 8 heteroatoms. The van der Waals surface area contributed by atoms with Crippen LogP contribution in [0.2, 0.25) is 0 Å². The molecular weight excluding hydrogens is 374 g/mol. The fourth-order valence-electron chi connectivity index (χ4n) is 2.78. The van der Waals surface area contributed by atoms with Gasteiger partial charge in [0.15, 0.2) is 0 Å². The summed E-state index contributed by atoms with van der Waals surface area (Å²) in [6.45, 7) is 5.73. The maximum absolute atomic E-state index is 12.4. The maximum Gasteiger partial charge on any atom is 0.240 e. The Hall–Kier alpha value is -1.67. The van der Waals surface area contributed by atoms with Crippen LogP contribution in [0, 0.1) is 6.92 Å². The highest BCUT2D eigenvalue weighted by Gasteiger charge is 2.24. The molecule has 2 unspecified atom stereocenters. The molecule has 2 N–H and O–H groups in total. The van der Waals surface area contributed by atoms with Gasteiger partial charge >= 0.3 is 0 Å². The van der Waals surface area contributed by atoms with Crippen LogP contribution >= 0.6 is 23.7 Å². The summed E-state index contributed by atoms with van der Waals surface area (Å²) in [6, 6.07) is 7.45. The zero-order valence-electron chi connectivity index (χ0n) is 15.1. The number of hydrogen-bond acceptors (Lipinski definition) is 6. The molecule has 1 saturated heterocycles. The van der Waals surface area contributed by atoms with E-state index in [1.807, 2.05) is 38.1 Å². The van der Waals surface area contributed by atoms with Crippen LogP contribution in [0.5, 0.6) is 5.75 Å². The van der Waals surface area contributed by atoms with Gasteiger partial charge in [-0.2, -0.15) is 0 Å². The lowest BCUT2D eigenvalue weighted by atomic mass is 10.2. The van der Waals surface area contributed by atoms with Gasteiger partial charge in [0.05, 0.1) is 36.9 Å². The summed E-state index contributed by atoms with van der Waals surface area (Å²) in [5, 5.41) is 7.17. The number of halogens is 1. The number of carbonyl (C=O) groups excluding carboxylic acids is 1. The molecule has 1 aliphatic heterocycles. The summed E-state index contributed by atoms with van der Waals surface area (Å²) in [5.41, 5.74) is 1.98. The molecule has 1 fully saturated rings. The molecule has 0 aliphatic carbocycles. The molecular formula is C18H24ClN3O3S. The summed E-state index contributed by atoms with van der Waals surface area (Å²) >= 11 is 1.60. The normalized spacial score (nSPS) is 17.9. The van der Waals surface area contributed by atoms with Gasteiger partial charge in [0.2, 0.25) is 5.91 Å². The number of carbonyl (C=O) groups is 1. The van der Waals surface area contributed by atoms with Gasteiger partial charge in [0.25, 0.3) is 0 Å². The molecule has 1 amide bonds. The number of benzene rings is 1. The second-order valence-corrected chi connectivity index (χ2v) is 7.04. The molecule has 1 aliphatic rings. The first kappa shape index (κ1) is 20.6. The first-order valence-corrected chi connectivity index (χ1v) is 9.13. The molecule has 1 aromatic heterocycles. The summed E-state index contributed by atoms with van der Waals surface area (Å²) in [6.07, 6.45) is 0. The van der Waals surface area contributed by atoms with Crippen LogP contribution in [0.15, 0.2) is 24.3 Å². The van der Waals surface area contributed by atoms with Gasteiger partial charge in [-0.1, -0.05) is 0 Å². The van der Waals surface area contributed by atoms with Crippen LogP contribution in [0.25, 0.3) is 10.6 Å². The van der Waals surface area contributed by atoms with Gasteiger partial charge in [-0.25, -0.2) is 4.98 Å². The van der Waals surface area contributed by atoms with E-state index in [2.05, 4.69) is 15.6 Å². The molecule has 2 aromatic rings. The van der Waals surface area contributed by atoms with E-state index in [0.717, 1.165) is 26.9 Å². The minimum Gasteiger partial charge on any atom is -0.497 e. The third-order valence-corrected chi connectivity index (χ3v) is 5.55. The van der Waals surface area contributed by atoms with Crippen molar-refractivity contribution in [2.75, 3.05) is 26.9 Å². The lowest BCUT2D eigenvalue weighted by molar-refractivity contribution is -0.126. The summed E-state index contributed by atoms with van der Waals surface area (Å²) in [5.74, 6) is 0.783. The first-order chi connectivity index (χ1) is 12.1. The highest BCUT2D eigenvalue weighted by Crippen LogP contribution is 2.32. The average molecular weight is 398 g/mol.